The van der Waals surface area contributed by atoms with E-state index in [0.29, 0.717) is 12.8 Å². The first-order valence-corrected chi connectivity index (χ1v) is 10.7. The Labute approximate surface area is 189 Å². The maximum atomic E-state index is 12.4. The van der Waals surface area contributed by atoms with Crippen molar-refractivity contribution in [3.63, 3.8) is 0 Å². The van der Waals surface area contributed by atoms with E-state index < -0.39 is 24.2 Å². The Bertz CT molecular complexity index is 947. The lowest BCUT2D eigenvalue weighted by Gasteiger charge is -2.26. The molecule has 0 unspecified atom stereocenters. The van der Waals surface area contributed by atoms with E-state index in [9.17, 15) is 14.7 Å². The molecule has 0 aliphatic heterocycles. The van der Waals surface area contributed by atoms with Gasteiger partial charge in [-0.2, -0.15) is 0 Å². The van der Waals surface area contributed by atoms with Crippen LogP contribution < -0.4 is 5.32 Å². The number of amides is 1. The SMILES string of the molecule is O=[C][C@H](Cc1ccccc1)C[C@H](O)[C@H](Cc1ccccc1)NC(=O)OCc1ccccc1. The fourth-order valence-corrected chi connectivity index (χ4v) is 3.59. The quantitative estimate of drug-likeness (QED) is 0.477. The zero-order chi connectivity index (χ0) is 22.6. The molecule has 0 fully saturated rings. The van der Waals surface area contributed by atoms with Gasteiger partial charge in [0.25, 0.3) is 0 Å². The van der Waals surface area contributed by atoms with Crippen LogP contribution >= 0.6 is 0 Å². The van der Waals surface area contributed by atoms with Gasteiger partial charge in [-0.15, -0.1) is 0 Å². The highest BCUT2D eigenvalue weighted by Gasteiger charge is 2.26. The number of hydrogen-bond acceptors (Lipinski definition) is 4. The summed E-state index contributed by atoms with van der Waals surface area (Å²) in [7, 11) is 0. The van der Waals surface area contributed by atoms with Crippen molar-refractivity contribution >= 4 is 12.4 Å². The molecule has 0 heterocycles. The van der Waals surface area contributed by atoms with Crippen LogP contribution in [0.1, 0.15) is 23.1 Å². The van der Waals surface area contributed by atoms with Crippen LogP contribution in [0.5, 0.6) is 0 Å². The molecular weight excluding hydrogens is 402 g/mol. The van der Waals surface area contributed by atoms with Gasteiger partial charge in [0.05, 0.1) is 12.1 Å². The summed E-state index contributed by atoms with van der Waals surface area (Å²) in [5.74, 6) is -0.479. The van der Waals surface area contributed by atoms with Gasteiger partial charge in [-0.1, -0.05) is 91.0 Å². The highest BCUT2D eigenvalue weighted by atomic mass is 16.5. The average Bonchev–Trinajstić information content (AvgIpc) is 2.84. The monoisotopic (exact) mass is 430 g/mol. The van der Waals surface area contributed by atoms with Gasteiger partial charge in [0.2, 0.25) is 6.29 Å². The molecule has 0 saturated carbocycles. The van der Waals surface area contributed by atoms with E-state index in [1.807, 2.05) is 97.3 Å². The second-order valence-electron chi connectivity index (χ2n) is 7.81. The van der Waals surface area contributed by atoms with Crippen LogP contribution in [0.3, 0.4) is 0 Å². The Balaban J connectivity index is 1.63. The van der Waals surface area contributed by atoms with Crippen molar-refractivity contribution in [3.8, 4) is 0 Å². The number of hydrogen-bond donors (Lipinski definition) is 2. The molecule has 0 aliphatic carbocycles. The Morgan fingerprint density at radius 3 is 1.84 bits per heavy atom. The molecule has 32 heavy (non-hydrogen) atoms. The second-order valence-corrected chi connectivity index (χ2v) is 7.81. The molecule has 3 aromatic carbocycles. The Morgan fingerprint density at radius 2 is 1.31 bits per heavy atom. The number of ether oxygens (including phenoxy) is 1. The molecule has 165 valence electrons. The van der Waals surface area contributed by atoms with Crippen LogP contribution in [-0.2, 0) is 29.0 Å². The number of aliphatic hydroxyl groups is 1. The summed E-state index contributed by atoms with van der Waals surface area (Å²) in [6, 6.07) is 28.0. The predicted molar refractivity (Wildman–Crippen MR) is 124 cm³/mol. The number of benzene rings is 3. The maximum Gasteiger partial charge on any atom is 0.407 e. The Hall–Kier alpha value is -3.44. The Kier molecular flexibility index (Phi) is 9.02. The van der Waals surface area contributed by atoms with Gasteiger partial charge < -0.3 is 15.2 Å². The van der Waals surface area contributed by atoms with Crippen molar-refractivity contribution < 1.29 is 19.4 Å². The molecule has 1 amide bonds. The molecule has 3 atom stereocenters. The molecular formula is C27H28NO4. The predicted octanol–water partition coefficient (Wildman–Crippen LogP) is 4.24. The number of carbonyl (C=O) groups is 1. The van der Waals surface area contributed by atoms with Crippen LogP contribution in [-0.4, -0.2) is 29.6 Å². The van der Waals surface area contributed by atoms with E-state index in [2.05, 4.69) is 5.32 Å². The van der Waals surface area contributed by atoms with Crippen molar-refractivity contribution in [1.82, 2.24) is 5.32 Å². The minimum atomic E-state index is -0.936. The molecule has 0 aliphatic rings. The van der Waals surface area contributed by atoms with Crippen molar-refractivity contribution in [3.05, 3.63) is 108 Å². The van der Waals surface area contributed by atoms with Crippen LogP contribution in [0.2, 0.25) is 0 Å². The molecule has 0 saturated heterocycles. The molecule has 0 bridgehead atoms. The first kappa shape index (κ1) is 23.2. The number of carbonyl (C=O) groups excluding carboxylic acids is 2. The van der Waals surface area contributed by atoms with Gasteiger partial charge in [0.15, 0.2) is 0 Å². The standard InChI is InChI=1S/C27H28NO4/c29-19-24(16-21-10-4-1-5-11-21)18-26(30)25(17-22-12-6-2-7-13-22)28-27(31)32-20-23-14-8-3-9-15-23/h1-15,24-26,30H,16-18,20H2,(H,28,31)/t24-,25+,26+/m1/s1. The first-order valence-electron chi connectivity index (χ1n) is 10.7. The summed E-state index contributed by atoms with van der Waals surface area (Å²) in [6.07, 6.45) is 1.59. The third-order valence-corrected chi connectivity index (χ3v) is 5.30. The van der Waals surface area contributed by atoms with E-state index >= 15 is 0 Å². The van der Waals surface area contributed by atoms with Crippen LogP contribution in [0.4, 0.5) is 4.79 Å². The summed E-state index contributed by atoms with van der Waals surface area (Å²) in [6.45, 7) is 0.138. The highest BCUT2D eigenvalue weighted by molar-refractivity contribution is 5.67. The largest absolute Gasteiger partial charge is 0.445 e. The molecule has 5 nitrogen and oxygen atoms in total. The third-order valence-electron chi connectivity index (χ3n) is 5.30. The topological polar surface area (TPSA) is 75.6 Å². The molecule has 1 radical (unpaired) electrons. The number of alkyl carbamates (subject to hydrolysis) is 1. The molecule has 5 heteroatoms. The van der Waals surface area contributed by atoms with Crippen LogP contribution in [0, 0.1) is 5.92 Å². The van der Waals surface area contributed by atoms with Crippen molar-refractivity contribution in [2.75, 3.05) is 0 Å². The first-order chi connectivity index (χ1) is 15.6. The van der Waals surface area contributed by atoms with E-state index in [-0.39, 0.29) is 13.0 Å². The zero-order valence-corrected chi connectivity index (χ0v) is 17.9. The highest BCUT2D eigenvalue weighted by Crippen LogP contribution is 2.17. The van der Waals surface area contributed by atoms with Crippen LogP contribution in [0.15, 0.2) is 91.0 Å². The van der Waals surface area contributed by atoms with Gasteiger partial charge >= 0.3 is 6.09 Å². The summed E-state index contributed by atoms with van der Waals surface area (Å²) in [5.41, 5.74) is 2.85. The lowest BCUT2D eigenvalue weighted by Crippen LogP contribution is -2.46. The zero-order valence-electron chi connectivity index (χ0n) is 17.9. The van der Waals surface area contributed by atoms with Gasteiger partial charge in [-0.25, -0.2) is 4.79 Å². The van der Waals surface area contributed by atoms with E-state index in [1.165, 1.54) is 0 Å². The Morgan fingerprint density at radius 1 is 0.812 bits per heavy atom. The normalized spacial score (nSPS) is 13.5. The second kappa shape index (κ2) is 12.4. The summed E-state index contributed by atoms with van der Waals surface area (Å²) in [5, 5.41) is 13.7. The van der Waals surface area contributed by atoms with E-state index in [0.717, 1.165) is 16.7 Å². The van der Waals surface area contributed by atoms with E-state index in [4.69, 9.17) is 4.74 Å². The third kappa shape index (κ3) is 7.67. The minimum absolute atomic E-state index is 0.138. The van der Waals surface area contributed by atoms with Crippen LogP contribution in [0.25, 0.3) is 0 Å². The van der Waals surface area contributed by atoms with Gasteiger partial charge in [0, 0.05) is 5.92 Å². The molecule has 2 N–H and O–H groups in total. The fourth-order valence-electron chi connectivity index (χ4n) is 3.59. The summed E-state index contributed by atoms with van der Waals surface area (Å²) >= 11 is 0. The van der Waals surface area contributed by atoms with Crippen molar-refractivity contribution in [2.24, 2.45) is 5.92 Å². The maximum absolute atomic E-state index is 12.4. The van der Waals surface area contributed by atoms with Gasteiger partial charge in [-0.3, -0.25) is 4.79 Å². The lowest BCUT2D eigenvalue weighted by atomic mass is 9.90. The number of rotatable bonds is 11. The number of nitrogens with one attached hydrogen (secondary N) is 1. The minimum Gasteiger partial charge on any atom is -0.445 e. The van der Waals surface area contributed by atoms with Gasteiger partial charge in [0.1, 0.15) is 6.61 Å². The fraction of sp³-hybridized carbons (Fsp3) is 0.259. The van der Waals surface area contributed by atoms with E-state index in [1.54, 1.807) is 0 Å². The van der Waals surface area contributed by atoms with Crippen molar-refractivity contribution in [2.45, 2.75) is 38.0 Å². The molecule has 0 aromatic heterocycles. The van der Waals surface area contributed by atoms with Crippen molar-refractivity contribution in [1.29, 1.82) is 0 Å². The summed E-state index contributed by atoms with van der Waals surface area (Å²) in [4.78, 5) is 24.0. The summed E-state index contributed by atoms with van der Waals surface area (Å²) < 4.78 is 5.33. The lowest BCUT2D eigenvalue weighted by molar-refractivity contribution is 0.0908. The smallest absolute Gasteiger partial charge is 0.407 e. The molecule has 3 aromatic rings. The molecule has 0 spiro atoms. The number of aliphatic hydroxyl groups excluding tert-OH is 1. The van der Waals surface area contributed by atoms with Gasteiger partial charge in [-0.05, 0) is 36.0 Å². The molecule has 3 rings (SSSR count). The average molecular weight is 431 g/mol.